The van der Waals surface area contributed by atoms with Crippen molar-refractivity contribution in [2.75, 3.05) is 26.7 Å². The molecule has 1 aliphatic heterocycles. The molecule has 1 heterocycles. The van der Waals surface area contributed by atoms with E-state index in [1.807, 2.05) is 31.3 Å². The van der Waals surface area contributed by atoms with Crippen molar-refractivity contribution in [1.29, 1.82) is 0 Å². The SMILES string of the molecule is CCN1CCCC1CNC(=NC)NCc1ccc(Cl)cc1.I. The Morgan fingerprint density at radius 1 is 1.32 bits per heavy atom. The van der Waals surface area contributed by atoms with Crippen LogP contribution < -0.4 is 10.6 Å². The number of hydrogen-bond acceptors (Lipinski definition) is 2. The van der Waals surface area contributed by atoms with Crippen molar-refractivity contribution in [2.45, 2.75) is 32.4 Å². The predicted molar refractivity (Wildman–Crippen MR) is 105 cm³/mol. The molecule has 2 N–H and O–H groups in total. The van der Waals surface area contributed by atoms with Crippen molar-refractivity contribution in [3.8, 4) is 0 Å². The van der Waals surface area contributed by atoms with Crippen LogP contribution in [-0.2, 0) is 6.54 Å². The van der Waals surface area contributed by atoms with Gasteiger partial charge < -0.3 is 10.6 Å². The highest BCUT2D eigenvalue weighted by molar-refractivity contribution is 14.0. The molecule has 1 aliphatic rings. The Labute approximate surface area is 155 Å². The van der Waals surface area contributed by atoms with Crippen LogP contribution in [0.5, 0.6) is 0 Å². The van der Waals surface area contributed by atoms with Crippen molar-refractivity contribution >= 4 is 41.5 Å². The lowest BCUT2D eigenvalue weighted by molar-refractivity contribution is 0.267. The zero-order valence-corrected chi connectivity index (χ0v) is 16.4. The first kappa shape index (κ1) is 19.5. The molecule has 2 rings (SSSR count). The number of nitrogens with zero attached hydrogens (tertiary/aromatic N) is 2. The topological polar surface area (TPSA) is 39.7 Å². The average molecular weight is 437 g/mol. The van der Waals surface area contributed by atoms with Crippen LogP contribution in [0, 0.1) is 0 Å². The maximum atomic E-state index is 5.89. The highest BCUT2D eigenvalue weighted by atomic mass is 127. The predicted octanol–water partition coefficient (Wildman–Crippen LogP) is 3.11. The first-order chi connectivity index (χ1) is 10.2. The summed E-state index contributed by atoms with van der Waals surface area (Å²) in [5.74, 6) is 0.855. The number of likely N-dealkylation sites (N-methyl/N-ethyl adjacent to an activating group) is 1. The molecule has 1 aromatic rings. The molecule has 1 atom stereocenters. The second kappa shape index (κ2) is 10.3. The second-order valence-corrected chi connectivity index (χ2v) is 5.79. The van der Waals surface area contributed by atoms with Gasteiger partial charge in [0.05, 0.1) is 0 Å². The minimum Gasteiger partial charge on any atom is -0.355 e. The lowest BCUT2D eigenvalue weighted by Crippen LogP contribution is -2.44. The van der Waals surface area contributed by atoms with Crippen LogP contribution in [0.4, 0.5) is 0 Å². The number of aliphatic imine (C=N–C) groups is 1. The molecule has 1 saturated heterocycles. The number of benzene rings is 1. The maximum Gasteiger partial charge on any atom is 0.191 e. The monoisotopic (exact) mass is 436 g/mol. The van der Waals surface area contributed by atoms with E-state index >= 15 is 0 Å². The van der Waals surface area contributed by atoms with E-state index in [0.29, 0.717) is 6.04 Å². The molecule has 0 aromatic heterocycles. The Morgan fingerprint density at radius 3 is 2.68 bits per heavy atom. The van der Waals surface area contributed by atoms with Crippen LogP contribution in [0.2, 0.25) is 5.02 Å². The molecule has 22 heavy (non-hydrogen) atoms. The van der Waals surface area contributed by atoms with E-state index in [9.17, 15) is 0 Å². The van der Waals surface area contributed by atoms with Gasteiger partial charge in [-0.25, -0.2) is 0 Å². The molecule has 124 valence electrons. The van der Waals surface area contributed by atoms with Gasteiger partial charge in [0.15, 0.2) is 5.96 Å². The van der Waals surface area contributed by atoms with E-state index in [4.69, 9.17) is 11.6 Å². The Balaban J connectivity index is 0.00000242. The van der Waals surface area contributed by atoms with Crippen LogP contribution >= 0.6 is 35.6 Å². The van der Waals surface area contributed by atoms with Crippen LogP contribution in [-0.4, -0.2) is 43.6 Å². The summed E-state index contributed by atoms with van der Waals surface area (Å²) in [6, 6.07) is 8.50. The van der Waals surface area contributed by atoms with E-state index in [-0.39, 0.29) is 24.0 Å². The minimum absolute atomic E-state index is 0. The Morgan fingerprint density at radius 2 is 2.05 bits per heavy atom. The molecule has 0 saturated carbocycles. The van der Waals surface area contributed by atoms with Crippen molar-refractivity contribution < 1.29 is 0 Å². The molecule has 1 fully saturated rings. The summed E-state index contributed by atoms with van der Waals surface area (Å²) < 4.78 is 0. The molecule has 0 spiro atoms. The summed E-state index contributed by atoms with van der Waals surface area (Å²) in [6.45, 7) is 6.28. The quantitative estimate of drug-likeness (QED) is 0.423. The van der Waals surface area contributed by atoms with Crippen molar-refractivity contribution in [3.63, 3.8) is 0 Å². The van der Waals surface area contributed by atoms with Crippen molar-refractivity contribution in [1.82, 2.24) is 15.5 Å². The van der Waals surface area contributed by atoms with Gasteiger partial charge in [-0.1, -0.05) is 30.7 Å². The number of hydrogen-bond donors (Lipinski definition) is 2. The van der Waals surface area contributed by atoms with Gasteiger partial charge in [-0.05, 0) is 43.6 Å². The summed E-state index contributed by atoms with van der Waals surface area (Å²) in [7, 11) is 1.81. The summed E-state index contributed by atoms with van der Waals surface area (Å²) in [5.41, 5.74) is 1.19. The number of guanidine groups is 1. The third-order valence-corrected chi connectivity index (χ3v) is 4.26. The van der Waals surface area contributed by atoms with E-state index in [1.165, 1.54) is 24.9 Å². The average Bonchev–Trinajstić information content (AvgIpc) is 2.96. The van der Waals surface area contributed by atoms with Gasteiger partial charge in [0.1, 0.15) is 0 Å². The molecule has 6 heteroatoms. The Kier molecular flexibility index (Phi) is 9.12. The van der Waals surface area contributed by atoms with E-state index in [2.05, 4.69) is 27.4 Å². The van der Waals surface area contributed by atoms with Gasteiger partial charge in [0, 0.05) is 31.2 Å². The third-order valence-electron chi connectivity index (χ3n) is 4.01. The number of rotatable bonds is 5. The summed E-state index contributed by atoms with van der Waals surface area (Å²) in [6.07, 6.45) is 2.58. The molecular weight excluding hydrogens is 411 g/mol. The highest BCUT2D eigenvalue weighted by Crippen LogP contribution is 2.15. The third kappa shape index (κ3) is 5.93. The van der Waals surface area contributed by atoms with Gasteiger partial charge in [-0.2, -0.15) is 0 Å². The molecule has 0 amide bonds. The Bertz CT molecular complexity index is 464. The number of nitrogens with one attached hydrogen (secondary N) is 2. The van der Waals surface area contributed by atoms with Crippen LogP contribution in [0.1, 0.15) is 25.3 Å². The molecule has 4 nitrogen and oxygen atoms in total. The van der Waals surface area contributed by atoms with Gasteiger partial charge in [-0.15, -0.1) is 24.0 Å². The zero-order chi connectivity index (χ0) is 15.1. The molecule has 1 unspecified atom stereocenters. The Hall–Kier alpha value is -0.530. The van der Waals surface area contributed by atoms with Gasteiger partial charge in [0.2, 0.25) is 0 Å². The van der Waals surface area contributed by atoms with Gasteiger partial charge in [-0.3, -0.25) is 9.89 Å². The van der Waals surface area contributed by atoms with E-state index in [1.54, 1.807) is 0 Å². The highest BCUT2D eigenvalue weighted by Gasteiger charge is 2.22. The lowest BCUT2D eigenvalue weighted by Gasteiger charge is -2.24. The van der Waals surface area contributed by atoms with E-state index in [0.717, 1.165) is 30.6 Å². The summed E-state index contributed by atoms with van der Waals surface area (Å²) in [4.78, 5) is 6.81. The molecule has 1 aromatic carbocycles. The fourth-order valence-corrected chi connectivity index (χ4v) is 2.89. The standard InChI is InChI=1S/C16H25ClN4.HI/c1-3-21-10-4-5-15(21)12-20-16(18-2)19-11-13-6-8-14(17)9-7-13;/h6-9,15H,3-5,10-12H2,1-2H3,(H2,18,19,20);1H. The fraction of sp³-hybridized carbons (Fsp3) is 0.562. The minimum atomic E-state index is 0. The largest absolute Gasteiger partial charge is 0.355 e. The molecule has 0 bridgehead atoms. The van der Waals surface area contributed by atoms with Gasteiger partial charge >= 0.3 is 0 Å². The number of likely N-dealkylation sites (tertiary alicyclic amines) is 1. The summed E-state index contributed by atoms with van der Waals surface area (Å²) in [5, 5.41) is 7.53. The fourth-order valence-electron chi connectivity index (χ4n) is 2.77. The van der Waals surface area contributed by atoms with Gasteiger partial charge in [0.25, 0.3) is 0 Å². The first-order valence-corrected chi connectivity index (χ1v) is 8.03. The first-order valence-electron chi connectivity index (χ1n) is 7.66. The van der Waals surface area contributed by atoms with Crippen LogP contribution in [0.15, 0.2) is 29.3 Å². The molecular formula is C16H26ClIN4. The van der Waals surface area contributed by atoms with Crippen molar-refractivity contribution in [2.24, 2.45) is 4.99 Å². The lowest BCUT2D eigenvalue weighted by atomic mass is 10.2. The maximum absolute atomic E-state index is 5.89. The van der Waals surface area contributed by atoms with Crippen LogP contribution in [0.3, 0.4) is 0 Å². The smallest absolute Gasteiger partial charge is 0.191 e. The van der Waals surface area contributed by atoms with Crippen LogP contribution in [0.25, 0.3) is 0 Å². The van der Waals surface area contributed by atoms with Crippen molar-refractivity contribution in [3.05, 3.63) is 34.9 Å². The summed E-state index contributed by atoms with van der Waals surface area (Å²) >= 11 is 5.89. The second-order valence-electron chi connectivity index (χ2n) is 5.36. The molecule has 0 radical (unpaired) electrons. The number of halogens is 2. The van der Waals surface area contributed by atoms with E-state index < -0.39 is 0 Å². The molecule has 0 aliphatic carbocycles. The zero-order valence-electron chi connectivity index (χ0n) is 13.3. The normalized spacial score (nSPS) is 18.9.